The molecule has 1 heterocycles. The number of aromatic nitrogens is 1. The van der Waals surface area contributed by atoms with Gasteiger partial charge in [-0.1, -0.05) is 6.07 Å². The lowest BCUT2D eigenvalue weighted by molar-refractivity contribution is 0.0755. The second kappa shape index (κ2) is 9.69. The van der Waals surface area contributed by atoms with Crippen LogP contribution < -0.4 is 9.47 Å². The summed E-state index contributed by atoms with van der Waals surface area (Å²) in [7, 11) is 3.23. The van der Waals surface area contributed by atoms with E-state index in [1.54, 1.807) is 26.4 Å². The Morgan fingerprint density at radius 2 is 1.84 bits per heavy atom. The summed E-state index contributed by atoms with van der Waals surface area (Å²) in [5.41, 5.74) is 2.46. The molecule has 0 spiro atoms. The van der Waals surface area contributed by atoms with Gasteiger partial charge >= 0.3 is 0 Å². The number of halogens is 1. The molecule has 1 aromatic heterocycles. The van der Waals surface area contributed by atoms with E-state index < -0.39 is 0 Å². The highest BCUT2D eigenvalue weighted by atomic mass is 32.1. The summed E-state index contributed by atoms with van der Waals surface area (Å²) in [5, 5.41) is 0.818. The maximum Gasteiger partial charge on any atom is 0.266 e. The molecule has 0 bridgehead atoms. The molecule has 1 saturated carbocycles. The van der Waals surface area contributed by atoms with Crippen molar-refractivity contribution in [3.8, 4) is 22.8 Å². The van der Waals surface area contributed by atoms with Crippen molar-refractivity contribution in [2.75, 3.05) is 27.3 Å². The molecule has 2 aromatic carbocycles. The van der Waals surface area contributed by atoms with Crippen LogP contribution in [0.4, 0.5) is 4.39 Å². The molecule has 4 rings (SSSR count). The van der Waals surface area contributed by atoms with E-state index >= 15 is 0 Å². The standard InChI is InChI=1S/C25H27FN2O3S/c1-16-27-23(19-7-9-20(26)10-8-19)24(32-16)25(29)28(15-18-4-5-18)13-12-17-6-11-21(30-2)22(14-17)31-3/h6-11,14,18H,4-5,12-13,15H2,1-3H3. The fourth-order valence-corrected chi connectivity index (χ4v) is 4.62. The molecule has 0 aliphatic heterocycles. The van der Waals surface area contributed by atoms with Gasteiger partial charge in [-0.25, -0.2) is 9.37 Å². The van der Waals surface area contributed by atoms with E-state index in [2.05, 4.69) is 4.98 Å². The number of methoxy groups -OCH3 is 2. The molecule has 5 nitrogen and oxygen atoms in total. The highest BCUT2D eigenvalue weighted by Gasteiger charge is 2.29. The van der Waals surface area contributed by atoms with Gasteiger partial charge in [0, 0.05) is 18.7 Å². The van der Waals surface area contributed by atoms with Crippen LogP contribution in [0.1, 0.15) is 33.1 Å². The Kier molecular flexibility index (Phi) is 6.74. The molecular formula is C25H27FN2O3S. The number of rotatable bonds is 9. The van der Waals surface area contributed by atoms with Crippen molar-refractivity contribution in [1.29, 1.82) is 0 Å². The predicted molar refractivity (Wildman–Crippen MR) is 124 cm³/mol. The van der Waals surface area contributed by atoms with Gasteiger partial charge in [0.2, 0.25) is 0 Å². The van der Waals surface area contributed by atoms with E-state index in [0.29, 0.717) is 41.0 Å². The van der Waals surface area contributed by atoms with E-state index in [0.717, 1.165) is 35.5 Å². The van der Waals surface area contributed by atoms with Gasteiger partial charge in [0.15, 0.2) is 11.5 Å². The van der Waals surface area contributed by atoms with Crippen molar-refractivity contribution in [2.45, 2.75) is 26.2 Å². The molecule has 1 aliphatic rings. The maximum absolute atomic E-state index is 13.6. The first-order valence-corrected chi connectivity index (χ1v) is 11.5. The van der Waals surface area contributed by atoms with Gasteiger partial charge < -0.3 is 14.4 Å². The number of hydrogen-bond acceptors (Lipinski definition) is 5. The fourth-order valence-electron chi connectivity index (χ4n) is 3.71. The Hall–Kier alpha value is -2.93. The molecule has 1 aliphatic carbocycles. The van der Waals surface area contributed by atoms with Crippen LogP contribution in [-0.2, 0) is 6.42 Å². The topological polar surface area (TPSA) is 51.7 Å². The molecule has 1 fully saturated rings. The van der Waals surface area contributed by atoms with E-state index in [1.165, 1.54) is 23.5 Å². The van der Waals surface area contributed by atoms with Crippen LogP contribution in [0.25, 0.3) is 11.3 Å². The molecule has 0 N–H and O–H groups in total. The van der Waals surface area contributed by atoms with Crippen molar-refractivity contribution >= 4 is 17.2 Å². The number of hydrogen-bond donors (Lipinski definition) is 0. The van der Waals surface area contributed by atoms with Crippen LogP contribution in [0.2, 0.25) is 0 Å². The number of thiazole rings is 1. The Morgan fingerprint density at radius 3 is 2.50 bits per heavy atom. The van der Waals surface area contributed by atoms with Crippen molar-refractivity contribution in [2.24, 2.45) is 5.92 Å². The van der Waals surface area contributed by atoms with E-state index in [9.17, 15) is 9.18 Å². The average molecular weight is 455 g/mol. The monoisotopic (exact) mass is 454 g/mol. The number of benzene rings is 2. The quantitative estimate of drug-likeness (QED) is 0.436. The summed E-state index contributed by atoms with van der Waals surface area (Å²) in [6, 6.07) is 12.0. The number of carbonyl (C=O) groups is 1. The molecule has 7 heteroatoms. The molecule has 168 valence electrons. The van der Waals surface area contributed by atoms with Crippen LogP contribution in [0.15, 0.2) is 42.5 Å². The van der Waals surface area contributed by atoms with E-state index in [1.807, 2.05) is 30.0 Å². The molecular weight excluding hydrogens is 427 g/mol. The zero-order chi connectivity index (χ0) is 22.7. The summed E-state index contributed by atoms with van der Waals surface area (Å²) in [6.07, 6.45) is 3.03. The number of nitrogens with zero attached hydrogens (tertiary/aromatic N) is 2. The third-order valence-corrected chi connectivity index (χ3v) is 6.59. The fraction of sp³-hybridized carbons (Fsp3) is 0.360. The number of carbonyl (C=O) groups excluding carboxylic acids is 1. The van der Waals surface area contributed by atoms with Gasteiger partial charge in [0.1, 0.15) is 10.7 Å². The summed E-state index contributed by atoms with van der Waals surface area (Å²) in [6.45, 7) is 3.24. The van der Waals surface area contributed by atoms with Crippen LogP contribution in [-0.4, -0.2) is 43.1 Å². The van der Waals surface area contributed by atoms with Crippen molar-refractivity contribution in [3.63, 3.8) is 0 Å². The molecule has 3 aromatic rings. The van der Waals surface area contributed by atoms with Crippen molar-refractivity contribution in [1.82, 2.24) is 9.88 Å². The van der Waals surface area contributed by atoms with E-state index in [4.69, 9.17) is 9.47 Å². The summed E-state index contributed by atoms with van der Waals surface area (Å²) < 4.78 is 24.1. The minimum atomic E-state index is -0.307. The highest BCUT2D eigenvalue weighted by molar-refractivity contribution is 7.14. The zero-order valence-corrected chi connectivity index (χ0v) is 19.4. The SMILES string of the molecule is COc1ccc(CCN(CC2CC2)C(=O)c2sc(C)nc2-c2ccc(F)cc2)cc1OC. The van der Waals surface area contributed by atoms with Crippen LogP contribution in [0.5, 0.6) is 11.5 Å². The van der Waals surface area contributed by atoms with Gasteiger partial charge in [-0.05, 0) is 74.1 Å². The van der Waals surface area contributed by atoms with Crippen LogP contribution in [0, 0.1) is 18.7 Å². The third kappa shape index (κ3) is 5.10. The second-order valence-electron chi connectivity index (χ2n) is 8.05. The van der Waals surface area contributed by atoms with Crippen molar-refractivity contribution in [3.05, 3.63) is 63.7 Å². The summed E-state index contributed by atoms with van der Waals surface area (Å²) in [4.78, 5) is 20.7. The zero-order valence-electron chi connectivity index (χ0n) is 18.6. The Labute approximate surface area is 191 Å². The summed E-state index contributed by atoms with van der Waals surface area (Å²) in [5.74, 6) is 1.61. The number of ether oxygens (including phenoxy) is 2. The molecule has 1 amide bonds. The predicted octanol–water partition coefficient (Wildman–Crippen LogP) is 5.37. The van der Waals surface area contributed by atoms with Gasteiger partial charge in [-0.15, -0.1) is 11.3 Å². The van der Waals surface area contributed by atoms with Gasteiger partial charge in [-0.3, -0.25) is 4.79 Å². The molecule has 0 atom stereocenters. The minimum Gasteiger partial charge on any atom is -0.493 e. The van der Waals surface area contributed by atoms with Gasteiger partial charge in [0.25, 0.3) is 5.91 Å². The second-order valence-corrected chi connectivity index (χ2v) is 9.25. The average Bonchev–Trinajstić information content (AvgIpc) is 3.55. The first kappa shape index (κ1) is 22.3. The number of amides is 1. The molecule has 0 unspecified atom stereocenters. The summed E-state index contributed by atoms with van der Waals surface area (Å²) >= 11 is 1.40. The van der Waals surface area contributed by atoms with Crippen LogP contribution in [0.3, 0.4) is 0 Å². The molecule has 32 heavy (non-hydrogen) atoms. The lowest BCUT2D eigenvalue weighted by Crippen LogP contribution is -2.34. The molecule has 0 saturated heterocycles. The molecule has 0 radical (unpaired) electrons. The first-order valence-electron chi connectivity index (χ1n) is 10.7. The Morgan fingerprint density at radius 1 is 1.12 bits per heavy atom. The normalized spacial score (nSPS) is 13.1. The van der Waals surface area contributed by atoms with E-state index in [-0.39, 0.29) is 11.7 Å². The Balaban J connectivity index is 1.56. The lowest BCUT2D eigenvalue weighted by Gasteiger charge is -2.23. The lowest BCUT2D eigenvalue weighted by atomic mass is 10.1. The van der Waals surface area contributed by atoms with Crippen LogP contribution >= 0.6 is 11.3 Å². The maximum atomic E-state index is 13.6. The first-order chi connectivity index (χ1) is 15.5. The third-order valence-electron chi connectivity index (χ3n) is 5.63. The van der Waals surface area contributed by atoms with Crippen molar-refractivity contribution < 1.29 is 18.7 Å². The smallest absolute Gasteiger partial charge is 0.266 e. The largest absolute Gasteiger partial charge is 0.493 e. The minimum absolute atomic E-state index is 0.0118. The Bertz CT molecular complexity index is 1090. The number of aryl methyl sites for hydroxylation is 1. The highest BCUT2D eigenvalue weighted by Crippen LogP contribution is 2.34. The van der Waals surface area contributed by atoms with Gasteiger partial charge in [-0.2, -0.15) is 0 Å². The van der Waals surface area contributed by atoms with Gasteiger partial charge in [0.05, 0.1) is 24.9 Å².